The molecule has 110 valence electrons. The fourth-order valence-corrected chi connectivity index (χ4v) is 2.01. The third-order valence-electron chi connectivity index (χ3n) is 3.05. The average Bonchev–Trinajstić information content (AvgIpc) is 2.46. The lowest BCUT2D eigenvalue weighted by Gasteiger charge is -2.08. The zero-order valence-electron chi connectivity index (χ0n) is 11.6. The first-order chi connectivity index (χ1) is 10.0. The minimum atomic E-state index is -0.544. The van der Waals surface area contributed by atoms with Crippen molar-refractivity contribution in [3.63, 3.8) is 0 Å². The van der Waals surface area contributed by atoms with E-state index >= 15 is 0 Å². The molecule has 0 amide bonds. The number of carbonyl (C=O) groups is 1. The molecule has 0 radical (unpaired) electrons. The smallest absolute Gasteiger partial charge is 0.300 e. The Morgan fingerprint density at radius 2 is 2.00 bits per heavy atom. The van der Waals surface area contributed by atoms with E-state index in [-0.39, 0.29) is 5.56 Å². The van der Waals surface area contributed by atoms with Gasteiger partial charge in [0.2, 0.25) is 0 Å². The van der Waals surface area contributed by atoms with E-state index in [1.807, 2.05) is 6.92 Å². The van der Waals surface area contributed by atoms with Gasteiger partial charge in [0, 0.05) is 24.4 Å². The number of halogens is 1. The highest BCUT2D eigenvalue weighted by Crippen LogP contribution is 2.04. The number of aromatic nitrogens is 2. The molecule has 2 rings (SSSR count). The molecule has 1 heterocycles. The Bertz CT molecular complexity index is 777. The van der Waals surface area contributed by atoms with Gasteiger partial charge in [-0.1, -0.05) is 19.1 Å². The number of benzene rings is 1. The van der Waals surface area contributed by atoms with Crippen LogP contribution in [0, 0.1) is 5.82 Å². The van der Waals surface area contributed by atoms with Crippen molar-refractivity contribution in [2.24, 2.45) is 0 Å². The number of carbonyl (C=O) groups excluding carboxylic acids is 1. The summed E-state index contributed by atoms with van der Waals surface area (Å²) in [6, 6.07) is 6.41. The third-order valence-corrected chi connectivity index (χ3v) is 3.05. The van der Waals surface area contributed by atoms with Crippen LogP contribution in [0.1, 0.15) is 23.7 Å². The summed E-state index contributed by atoms with van der Waals surface area (Å²) >= 11 is 0. The highest BCUT2D eigenvalue weighted by Gasteiger charge is 2.12. The van der Waals surface area contributed by atoms with Crippen LogP contribution in [0.5, 0.6) is 0 Å². The van der Waals surface area contributed by atoms with Crippen LogP contribution >= 0.6 is 0 Å². The lowest BCUT2D eigenvalue weighted by atomic mass is 10.1. The highest BCUT2D eigenvalue weighted by atomic mass is 19.1. The van der Waals surface area contributed by atoms with Crippen LogP contribution in [-0.2, 0) is 13.1 Å². The van der Waals surface area contributed by atoms with Crippen LogP contribution in [0.15, 0.2) is 46.1 Å². The molecule has 0 aliphatic carbocycles. The molecule has 5 nitrogen and oxygen atoms in total. The van der Waals surface area contributed by atoms with E-state index in [9.17, 15) is 18.8 Å². The lowest BCUT2D eigenvalue weighted by Crippen LogP contribution is -2.40. The van der Waals surface area contributed by atoms with E-state index < -0.39 is 29.4 Å². The molecule has 0 atom stereocenters. The Kier molecular flexibility index (Phi) is 4.47. The van der Waals surface area contributed by atoms with Gasteiger partial charge in [0.05, 0.1) is 6.54 Å². The first-order valence-corrected chi connectivity index (χ1v) is 6.62. The Balaban J connectivity index is 2.35. The van der Waals surface area contributed by atoms with Crippen molar-refractivity contribution >= 4 is 5.78 Å². The Hall–Kier alpha value is -2.50. The van der Waals surface area contributed by atoms with E-state index in [2.05, 4.69) is 0 Å². The molecule has 0 fully saturated rings. The van der Waals surface area contributed by atoms with Crippen LogP contribution in [0.25, 0.3) is 0 Å². The number of hydrogen-bond donors (Lipinski definition) is 0. The Morgan fingerprint density at radius 3 is 2.67 bits per heavy atom. The largest absolute Gasteiger partial charge is 0.331 e. The molecule has 2 aromatic rings. The molecule has 1 aromatic carbocycles. The van der Waals surface area contributed by atoms with Gasteiger partial charge >= 0.3 is 5.69 Å². The van der Waals surface area contributed by atoms with Crippen LogP contribution in [-0.4, -0.2) is 14.9 Å². The quantitative estimate of drug-likeness (QED) is 0.783. The first-order valence-electron chi connectivity index (χ1n) is 6.62. The fourth-order valence-electron chi connectivity index (χ4n) is 2.01. The maximum Gasteiger partial charge on any atom is 0.331 e. The Morgan fingerprint density at radius 1 is 1.24 bits per heavy atom. The molecular formula is C15H15FN2O3. The predicted molar refractivity (Wildman–Crippen MR) is 76.0 cm³/mol. The third kappa shape index (κ3) is 3.34. The van der Waals surface area contributed by atoms with Gasteiger partial charge in [-0.25, -0.2) is 9.18 Å². The molecule has 0 N–H and O–H groups in total. The molecule has 0 saturated heterocycles. The van der Waals surface area contributed by atoms with Crippen molar-refractivity contribution in [2.75, 3.05) is 0 Å². The molecule has 0 bridgehead atoms. The molecule has 0 aliphatic heterocycles. The van der Waals surface area contributed by atoms with Gasteiger partial charge in [0.25, 0.3) is 5.56 Å². The van der Waals surface area contributed by atoms with Gasteiger partial charge in [-0.3, -0.25) is 14.2 Å². The number of rotatable bonds is 5. The summed E-state index contributed by atoms with van der Waals surface area (Å²) in [7, 11) is 0. The molecule has 0 unspecified atom stereocenters. The second kappa shape index (κ2) is 6.30. The number of aryl methyl sites for hydroxylation is 1. The fraction of sp³-hybridized carbons (Fsp3) is 0.267. The van der Waals surface area contributed by atoms with Crippen molar-refractivity contribution in [2.45, 2.75) is 26.4 Å². The van der Waals surface area contributed by atoms with Gasteiger partial charge in [-0.2, -0.15) is 0 Å². The maximum atomic E-state index is 13.1. The molecule has 0 spiro atoms. The van der Waals surface area contributed by atoms with Gasteiger partial charge in [-0.05, 0) is 18.6 Å². The zero-order valence-corrected chi connectivity index (χ0v) is 11.6. The minimum absolute atomic E-state index is 0.132. The average molecular weight is 290 g/mol. The molecule has 1 aromatic heterocycles. The summed E-state index contributed by atoms with van der Waals surface area (Å²) in [5, 5.41) is 0. The number of hydrogen-bond acceptors (Lipinski definition) is 3. The van der Waals surface area contributed by atoms with Gasteiger partial charge in [0.1, 0.15) is 5.82 Å². The standard InChI is InChI=1S/C15H15FN2O3/c1-2-7-17-8-6-14(20)18(15(17)21)10-13(19)11-4-3-5-12(16)9-11/h3-6,8-9H,2,7,10H2,1H3. The maximum absolute atomic E-state index is 13.1. The van der Waals surface area contributed by atoms with Crippen molar-refractivity contribution in [1.29, 1.82) is 0 Å². The zero-order chi connectivity index (χ0) is 15.4. The topological polar surface area (TPSA) is 61.1 Å². The number of ketones is 1. The lowest BCUT2D eigenvalue weighted by molar-refractivity contribution is 0.0968. The molecule has 0 aliphatic rings. The van der Waals surface area contributed by atoms with E-state index in [1.54, 1.807) is 0 Å². The summed E-state index contributed by atoms with van der Waals surface area (Å²) in [4.78, 5) is 35.9. The van der Waals surface area contributed by atoms with Gasteiger partial charge < -0.3 is 4.57 Å². The van der Waals surface area contributed by atoms with Crippen LogP contribution in [0.3, 0.4) is 0 Å². The van der Waals surface area contributed by atoms with Crippen molar-refractivity contribution in [3.05, 3.63) is 68.7 Å². The summed E-state index contributed by atoms with van der Waals surface area (Å²) < 4.78 is 15.3. The SMILES string of the molecule is CCCn1ccc(=O)n(CC(=O)c2cccc(F)c2)c1=O. The van der Waals surface area contributed by atoms with Crippen LogP contribution in [0.4, 0.5) is 4.39 Å². The molecule has 21 heavy (non-hydrogen) atoms. The van der Waals surface area contributed by atoms with Gasteiger partial charge in [-0.15, -0.1) is 0 Å². The molecular weight excluding hydrogens is 275 g/mol. The second-order valence-electron chi connectivity index (χ2n) is 4.65. The number of Topliss-reactive ketones (excluding diaryl/α,β-unsaturated/α-hetero) is 1. The highest BCUT2D eigenvalue weighted by molar-refractivity contribution is 5.95. The summed E-state index contributed by atoms with van der Waals surface area (Å²) in [6.45, 7) is 1.97. The Labute approximate surface area is 120 Å². The molecule has 0 saturated carbocycles. The van der Waals surface area contributed by atoms with E-state index in [4.69, 9.17) is 0 Å². The number of nitrogens with zero attached hydrogens (tertiary/aromatic N) is 2. The minimum Gasteiger partial charge on any atom is -0.300 e. The summed E-state index contributed by atoms with van der Waals surface area (Å²) in [5.74, 6) is -1.02. The van der Waals surface area contributed by atoms with Crippen molar-refractivity contribution in [3.8, 4) is 0 Å². The second-order valence-corrected chi connectivity index (χ2v) is 4.65. The first kappa shape index (κ1) is 14.9. The molecule has 6 heteroatoms. The van der Waals surface area contributed by atoms with Crippen LogP contribution < -0.4 is 11.2 Å². The summed E-state index contributed by atoms with van der Waals surface area (Å²) in [6.07, 6.45) is 2.15. The summed E-state index contributed by atoms with van der Waals surface area (Å²) in [5.41, 5.74) is -0.946. The van der Waals surface area contributed by atoms with E-state index in [0.717, 1.165) is 17.1 Å². The van der Waals surface area contributed by atoms with E-state index in [1.165, 1.54) is 35.0 Å². The van der Waals surface area contributed by atoms with E-state index in [0.29, 0.717) is 6.54 Å². The van der Waals surface area contributed by atoms with Crippen LogP contribution in [0.2, 0.25) is 0 Å². The monoisotopic (exact) mass is 290 g/mol. The normalized spacial score (nSPS) is 10.6. The van der Waals surface area contributed by atoms with Gasteiger partial charge in [0.15, 0.2) is 5.78 Å². The predicted octanol–water partition coefficient (Wildman–Crippen LogP) is 1.44. The van der Waals surface area contributed by atoms with Crippen molar-refractivity contribution < 1.29 is 9.18 Å². The van der Waals surface area contributed by atoms with Crippen molar-refractivity contribution in [1.82, 2.24) is 9.13 Å².